The van der Waals surface area contributed by atoms with Crippen LogP contribution >= 0.6 is 0 Å². The molecule has 0 unspecified atom stereocenters. The first-order chi connectivity index (χ1) is 0. The summed E-state index contributed by atoms with van der Waals surface area (Å²) in [7, 11) is 0. The molecule has 52 heavy (non-hydrogen) atoms. The van der Waals surface area contributed by atoms with E-state index in [0.717, 1.165) is 0 Å². The Kier molecular flexibility index (Phi) is 31700000. The Labute approximate surface area is 367 Å². The Bertz CT molecular complexity index is 26.8. The van der Waals surface area contributed by atoms with E-state index < -0.39 is 0 Å². The molecule has 0 saturated carbocycles. The van der Waals surface area contributed by atoms with Gasteiger partial charge in [0.15, 0.2) is 0 Å². The van der Waals surface area contributed by atoms with Gasteiger partial charge >= 0.3 is 0 Å². The van der Waals surface area contributed by atoms with E-state index in [2.05, 4.69) is 0 Å². The minimum Gasteiger partial charge on any atom is -0.412 e. The van der Waals surface area contributed by atoms with Crippen molar-refractivity contribution in [2.75, 3.05) is 0 Å². The van der Waals surface area contributed by atoms with Crippen molar-refractivity contribution < 1.29 is 369 Å². The Hall–Kier alpha value is 1.90. The molecule has 380 valence electrons. The predicted octanol–water partition coefficient (Wildman–Crippen LogP) is -38.0. The fraction of sp³-hybridized carbons (Fsp3) is 0. The molecule has 0 aromatic rings. The van der Waals surface area contributed by atoms with Crippen LogP contribution in [0.3, 0.4) is 0 Å². The van der Waals surface area contributed by atoms with E-state index in [4.69, 9.17) is 0 Å². The van der Waals surface area contributed by atoms with Gasteiger partial charge in [0.1, 0.15) is 0 Å². The summed E-state index contributed by atoms with van der Waals surface area (Å²) in [5, 5.41) is 0. The molecular weight excluding hydrogens is 1130 g/mol. The Morgan fingerprint density at radius 1 is 0.0385 bits per heavy atom. The van der Waals surface area contributed by atoms with Gasteiger partial charge in [0.25, 0.3) is 0 Å². The van der Waals surface area contributed by atoms with Crippen LogP contribution in [0.1, 0.15) is 0 Å². The van der Waals surface area contributed by atoms with E-state index in [1.807, 2.05) is 0 Å². The normalized spacial score (nSPS) is 0. The van der Waals surface area contributed by atoms with Crippen molar-refractivity contribution >= 4 is 0 Å². The molecule has 0 aliphatic rings. The summed E-state index contributed by atoms with van der Waals surface area (Å²) in [4.78, 5) is 0. The average Bonchev–Trinajstić information content (AvgIpc) is 0. The van der Waals surface area contributed by atoms with Gasteiger partial charge in [-0.2, -0.15) is 0 Å². The number of hydrogen-bond donors (Lipinski definition) is 0. The minimum absolute atomic E-state index is 0. The first-order valence-electron chi connectivity index (χ1n) is 0. The fourth-order valence-electron chi connectivity index (χ4n) is 0. The van der Waals surface area contributed by atoms with Gasteiger partial charge in [-0.1, -0.05) is 0 Å². The maximum absolute atomic E-state index is 0. The summed E-state index contributed by atoms with van der Waals surface area (Å²) in [6, 6.07) is 0. The summed E-state index contributed by atoms with van der Waals surface area (Å²) in [6.45, 7) is 0. The quantitative estimate of drug-likeness (QED) is 0.204. The molecule has 46 nitrogen and oxygen atoms in total. The van der Waals surface area contributed by atoms with Crippen molar-refractivity contribution in [2.45, 2.75) is 0 Å². The van der Waals surface area contributed by atoms with E-state index >= 15 is 0 Å². The molecule has 92 N–H and O–H groups in total. The Balaban J connectivity index is 0. The molecule has 0 spiro atoms. The van der Waals surface area contributed by atoms with Crippen LogP contribution in [-0.2, 0) is 117 Å². The van der Waals surface area contributed by atoms with Gasteiger partial charge in [-0.05, 0) is 0 Å². The molecule has 0 radical (unpaired) electrons. The van der Waals surface area contributed by atoms with E-state index in [9.17, 15) is 0 Å². The van der Waals surface area contributed by atoms with Crippen molar-refractivity contribution in [1.82, 2.24) is 0 Å². The molecule has 0 amide bonds. The summed E-state index contributed by atoms with van der Waals surface area (Å²) >= 11 is 0. The SMILES string of the molecule is O.O.O.O.O.O.O.O.O.O.O.O.O.O.O.O.O.O.O.O.O.O.O.O.O.O.O.O.O.O.O.O.O.O.O.O.O.O.O.O.O.O.O.O.O.O.[Zn].[Zn].[Zn].[Zn].[Zn].[Zn]. The standard InChI is InChI=1S/46H2O.6Zn/h46*1H2;;;;;;. The van der Waals surface area contributed by atoms with Gasteiger partial charge in [0.2, 0.25) is 0 Å². The summed E-state index contributed by atoms with van der Waals surface area (Å²) < 4.78 is 0. The topological polar surface area (TPSA) is 1450 Å². The van der Waals surface area contributed by atoms with Crippen molar-refractivity contribution in [3.05, 3.63) is 0 Å². The molecule has 0 heterocycles. The average molecular weight is 1220 g/mol. The molecule has 0 atom stereocenters. The van der Waals surface area contributed by atoms with Gasteiger partial charge in [-0.25, -0.2) is 0 Å². The second-order valence-electron chi connectivity index (χ2n) is 0. The zero-order valence-corrected chi connectivity index (χ0v) is 45.0. The third-order valence-electron chi connectivity index (χ3n) is 0. The summed E-state index contributed by atoms with van der Waals surface area (Å²) in [5.74, 6) is 0. The third kappa shape index (κ3) is 37200. The van der Waals surface area contributed by atoms with Crippen LogP contribution in [0.15, 0.2) is 0 Å². The summed E-state index contributed by atoms with van der Waals surface area (Å²) in [6.07, 6.45) is 0. The van der Waals surface area contributed by atoms with Crippen LogP contribution in [-0.4, -0.2) is 252 Å². The van der Waals surface area contributed by atoms with Crippen molar-refractivity contribution in [1.29, 1.82) is 0 Å². The summed E-state index contributed by atoms with van der Waals surface area (Å²) in [5.41, 5.74) is 0. The fourth-order valence-corrected chi connectivity index (χ4v) is 0. The zero-order valence-electron chi connectivity index (χ0n) is 27.2. The van der Waals surface area contributed by atoms with Gasteiger partial charge in [0.05, 0.1) is 0 Å². The van der Waals surface area contributed by atoms with Crippen molar-refractivity contribution in [2.24, 2.45) is 0 Å². The molecule has 0 fully saturated rings. The molecule has 0 saturated heterocycles. The van der Waals surface area contributed by atoms with Crippen LogP contribution in [0.25, 0.3) is 0 Å². The smallest absolute Gasteiger partial charge is 0 e. The largest absolute Gasteiger partial charge is 0.412 e. The van der Waals surface area contributed by atoms with Gasteiger partial charge in [-0.15, -0.1) is 0 Å². The molecule has 0 aliphatic carbocycles. The van der Waals surface area contributed by atoms with E-state index in [0.29, 0.717) is 0 Å². The third-order valence-corrected chi connectivity index (χ3v) is 0. The second kappa shape index (κ2) is 39500. The minimum atomic E-state index is 0. The van der Waals surface area contributed by atoms with Crippen molar-refractivity contribution in [3.63, 3.8) is 0 Å². The molecule has 52 heteroatoms. The van der Waals surface area contributed by atoms with Crippen LogP contribution in [0.2, 0.25) is 0 Å². The van der Waals surface area contributed by atoms with Crippen molar-refractivity contribution in [3.8, 4) is 0 Å². The monoisotopic (exact) mass is 1210 g/mol. The van der Waals surface area contributed by atoms with E-state index in [1.165, 1.54) is 0 Å². The number of rotatable bonds is 0. The van der Waals surface area contributed by atoms with E-state index in [-0.39, 0.29) is 369 Å². The Morgan fingerprint density at radius 2 is 0.0385 bits per heavy atom. The molecule has 0 bridgehead atoms. The molecular formula is H92O46Zn6. The first kappa shape index (κ1) is 41800. The van der Waals surface area contributed by atoms with Crippen LogP contribution < -0.4 is 0 Å². The maximum Gasteiger partial charge on any atom is 0 e. The van der Waals surface area contributed by atoms with Gasteiger partial charge in [-0.3, -0.25) is 0 Å². The van der Waals surface area contributed by atoms with Gasteiger partial charge < -0.3 is 252 Å². The van der Waals surface area contributed by atoms with Crippen LogP contribution in [0, 0.1) is 0 Å². The molecule has 0 aromatic heterocycles. The molecule has 0 aliphatic heterocycles. The van der Waals surface area contributed by atoms with E-state index in [1.54, 1.807) is 0 Å². The zero-order chi connectivity index (χ0) is 0. The predicted molar refractivity (Wildman–Crippen MR) is 166 cm³/mol. The van der Waals surface area contributed by atoms with Crippen LogP contribution in [0.4, 0.5) is 0 Å². The maximum atomic E-state index is 0. The molecule has 0 rings (SSSR count). The van der Waals surface area contributed by atoms with Crippen LogP contribution in [0.5, 0.6) is 0 Å². The Morgan fingerprint density at radius 3 is 0.0385 bits per heavy atom. The second-order valence-corrected chi connectivity index (χ2v) is 0. The number of hydrogen-bond acceptors (Lipinski definition) is 0. The molecule has 0 aromatic carbocycles. The first-order valence-corrected chi connectivity index (χ1v) is 0. The van der Waals surface area contributed by atoms with Gasteiger partial charge in [0, 0.05) is 117 Å².